The second kappa shape index (κ2) is 4.41. The fraction of sp³-hybridized carbons (Fsp3) is 0.700. The first-order chi connectivity index (χ1) is 5.68. The van der Waals surface area contributed by atoms with E-state index in [1.54, 1.807) is 0 Å². The normalized spacial score (nSPS) is 16.1. The molecular formula is C10H17NO. The molecule has 1 N–H and O–H groups in total. The smallest absolute Gasteiger partial charge is 0.138 e. The minimum absolute atomic E-state index is 0.302. The van der Waals surface area contributed by atoms with E-state index < -0.39 is 0 Å². The number of ketones is 1. The Morgan fingerprint density at radius 3 is 2.75 bits per heavy atom. The van der Waals surface area contributed by atoms with E-state index in [2.05, 4.69) is 11.9 Å². The number of hydrogen-bond acceptors (Lipinski definition) is 2. The molecule has 1 rings (SSSR count). The van der Waals surface area contributed by atoms with Crippen molar-refractivity contribution in [1.82, 2.24) is 5.32 Å². The summed E-state index contributed by atoms with van der Waals surface area (Å²) in [5, 5.41) is 3.31. The molecule has 0 aliphatic heterocycles. The van der Waals surface area contributed by atoms with Crippen molar-refractivity contribution in [3.8, 4) is 0 Å². The molecule has 1 aliphatic carbocycles. The molecule has 12 heavy (non-hydrogen) atoms. The second-order valence-electron chi connectivity index (χ2n) is 3.65. The molecule has 0 aromatic rings. The summed E-state index contributed by atoms with van der Waals surface area (Å²) in [5.41, 5.74) is 0.964. The number of carbonyl (C=O) groups is 1. The van der Waals surface area contributed by atoms with E-state index in [0.29, 0.717) is 24.7 Å². The van der Waals surface area contributed by atoms with Crippen LogP contribution in [-0.4, -0.2) is 18.4 Å². The van der Waals surface area contributed by atoms with Crippen molar-refractivity contribution in [2.75, 3.05) is 6.54 Å². The third-order valence-electron chi connectivity index (χ3n) is 1.91. The largest absolute Gasteiger partial charge is 0.314 e. The lowest BCUT2D eigenvalue weighted by atomic mass is 10.1. The molecule has 0 unspecified atom stereocenters. The van der Waals surface area contributed by atoms with Crippen molar-refractivity contribution >= 4 is 5.78 Å². The number of Topliss-reactive ketones (excluding diaryl/α,β-unsaturated/α-hetero) is 1. The molecule has 0 amide bonds. The number of nitrogens with one attached hydrogen (secondary N) is 1. The Morgan fingerprint density at radius 2 is 2.25 bits per heavy atom. The van der Waals surface area contributed by atoms with E-state index in [0.717, 1.165) is 12.1 Å². The van der Waals surface area contributed by atoms with Crippen LogP contribution in [0.2, 0.25) is 0 Å². The number of hydrogen-bond donors (Lipinski definition) is 1. The maximum Gasteiger partial charge on any atom is 0.138 e. The van der Waals surface area contributed by atoms with Crippen LogP contribution < -0.4 is 5.32 Å². The van der Waals surface area contributed by atoms with Gasteiger partial charge < -0.3 is 5.32 Å². The molecule has 0 atom stereocenters. The zero-order valence-corrected chi connectivity index (χ0v) is 7.73. The highest BCUT2D eigenvalue weighted by Gasteiger charge is 2.19. The van der Waals surface area contributed by atoms with Crippen molar-refractivity contribution in [3.05, 3.63) is 12.2 Å². The minimum atomic E-state index is 0.302. The van der Waals surface area contributed by atoms with Crippen LogP contribution in [0, 0.1) is 0 Å². The fourth-order valence-corrected chi connectivity index (χ4v) is 1.13. The molecule has 0 spiro atoms. The van der Waals surface area contributed by atoms with Crippen LogP contribution in [0.1, 0.15) is 32.6 Å². The average Bonchev–Trinajstić information content (AvgIpc) is 2.69. The van der Waals surface area contributed by atoms with E-state index in [4.69, 9.17) is 0 Å². The number of carbonyl (C=O) groups excluding carboxylic acids is 1. The molecule has 1 aliphatic rings. The van der Waals surface area contributed by atoms with E-state index >= 15 is 0 Å². The minimum Gasteiger partial charge on any atom is -0.314 e. The van der Waals surface area contributed by atoms with Gasteiger partial charge in [-0.3, -0.25) is 4.79 Å². The van der Waals surface area contributed by atoms with Gasteiger partial charge >= 0.3 is 0 Å². The predicted molar refractivity (Wildman–Crippen MR) is 50.1 cm³/mol. The van der Waals surface area contributed by atoms with Crippen molar-refractivity contribution in [3.63, 3.8) is 0 Å². The van der Waals surface area contributed by atoms with Gasteiger partial charge in [0.1, 0.15) is 5.78 Å². The van der Waals surface area contributed by atoms with Gasteiger partial charge in [-0.2, -0.15) is 0 Å². The van der Waals surface area contributed by atoms with E-state index in [1.807, 2.05) is 6.92 Å². The summed E-state index contributed by atoms with van der Waals surface area (Å²) in [7, 11) is 0. The van der Waals surface area contributed by atoms with Crippen LogP contribution in [0.5, 0.6) is 0 Å². The Hall–Kier alpha value is -0.630. The lowest BCUT2D eigenvalue weighted by Crippen LogP contribution is -2.20. The van der Waals surface area contributed by atoms with Gasteiger partial charge in [-0.05, 0) is 19.8 Å². The van der Waals surface area contributed by atoms with Crippen LogP contribution in [0.3, 0.4) is 0 Å². The standard InChI is InChI=1S/C10H17NO/c1-8(2)7-10(12)5-6-11-9-3-4-9/h9,11H,1,3-7H2,2H3. The van der Waals surface area contributed by atoms with Crippen molar-refractivity contribution in [1.29, 1.82) is 0 Å². The van der Waals surface area contributed by atoms with Crippen molar-refractivity contribution in [2.24, 2.45) is 0 Å². The third-order valence-corrected chi connectivity index (χ3v) is 1.91. The Balaban J connectivity index is 1.97. The van der Waals surface area contributed by atoms with Gasteiger partial charge in [0, 0.05) is 25.4 Å². The molecular weight excluding hydrogens is 150 g/mol. The highest BCUT2D eigenvalue weighted by atomic mass is 16.1. The molecule has 0 saturated heterocycles. The quantitative estimate of drug-likeness (QED) is 0.610. The Morgan fingerprint density at radius 1 is 1.58 bits per heavy atom. The lowest BCUT2D eigenvalue weighted by Gasteiger charge is -2.01. The fourth-order valence-electron chi connectivity index (χ4n) is 1.13. The van der Waals surface area contributed by atoms with Crippen LogP contribution in [0.15, 0.2) is 12.2 Å². The summed E-state index contributed by atoms with van der Waals surface area (Å²) >= 11 is 0. The van der Waals surface area contributed by atoms with Crippen LogP contribution >= 0.6 is 0 Å². The first-order valence-electron chi connectivity index (χ1n) is 4.58. The summed E-state index contributed by atoms with van der Waals surface area (Å²) in [5.74, 6) is 0.302. The summed E-state index contributed by atoms with van der Waals surface area (Å²) in [6.45, 7) is 6.45. The topological polar surface area (TPSA) is 29.1 Å². The van der Waals surface area contributed by atoms with Crippen LogP contribution in [-0.2, 0) is 4.79 Å². The molecule has 0 heterocycles. The molecule has 0 bridgehead atoms. The van der Waals surface area contributed by atoms with Crippen molar-refractivity contribution in [2.45, 2.75) is 38.6 Å². The molecule has 1 fully saturated rings. The monoisotopic (exact) mass is 167 g/mol. The third kappa shape index (κ3) is 4.29. The molecule has 68 valence electrons. The SMILES string of the molecule is C=C(C)CC(=O)CCNC1CC1. The summed E-state index contributed by atoms with van der Waals surface area (Å²) in [4.78, 5) is 11.2. The highest BCUT2D eigenvalue weighted by molar-refractivity contribution is 5.80. The summed E-state index contributed by atoms with van der Waals surface area (Å²) in [6.07, 6.45) is 3.78. The van der Waals surface area contributed by atoms with Gasteiger partial charge in [-0.1, -0.05) is 12.2 Å². The van der Waals surface area contributed by atoms with Gasteiger partial charge in [-0.15, -0.1) is 0 Å². The van der Waals surface area contributed by atoms with E-state index in [9.17, 15) is 4.79 Å². The molecule has 0 radical (unpaired) electrons. The number of rotatable bonds is 6. The Kier molecular flexibility index (Phi) is 3.48. The first kappa shape index (κ1) is 9.46. The lowest BCUT2D eigenvalue weighted by molar-refractivity contribution is -0.118. The van der Waals surface area contributed by atoms with Crippen LogP contribution in [0.4, 0.5) is 0 Å². The zero-order chi connectivity index (χ0) is 8.97. The Bertz CT molecular complexity index is 182. The van der Waals surface area contributed by atoms with Crippen LogP contribution in [0.25, 0.3) is 0 Å². The number of allylic oxidation sites excluding steroid dienone is 1. The first-order valence-corrected chi connectivity index (χ1v) is 4.58. The average molecular weight is 167 g/mol. The molecule has 0 aromatic heterocycles. The molecule has 2 heteroatoms. The van der Waals surface area contributed by atoms with Gasteiger partial charge in [-0.25, -0.2) is 0 Å². The predicted octanol–water partition coefficient (Wildman–Crippen LogP) is 1.66. The maximum atomic E-state index is 11.2. The summed E-state index contributed by atoms with van der Waals surface area (Å²) in [6, 6.07) is 0.711. The van der Waals surface area contributed by atoms with Gasteiger partial charge in [0.05, 0.1) is 0 Å². The Labute approximate surface area is 74.0 Å². The van der Waals surface area contributed by atoms with Gasteiger partial charge in [0.15, 0.2) is 0 Å². The molecule has 0 aromatic carbocycles. The molecule has 1 saturated carbocycles. The van der Waals surface area contributed by atoms with Crippen molar-refractivity contribution < 1.29 is 4.79 Å². The van der Waals surface area contributed by atoms with Gasteiger partial charge in [0.25, 0.3) is 0 Å². The van der Waals surface area contributed by atoms with Gasteiger partial charge in [0.2, 0.25) is 0 Å². The molecule has 2 nitrogen and oxygen atoms in total. The summed E-state index contributed by atoms with van der Waals surface area (Å²) < 4.78 is 0. The maximum absolute atomic E-state index is 11.2. The highest BCUT2D eigenvalue weighted by Crippen LogP contribution is 2.18. The van der Waals surface area contributed by atoms with E-state index in [-0.39, 0.29) is 0 Å². The van der Waals surface area contributed by atoms with E-state index in [1.165, 1.54) is 12.8 Å². The second-order valence-corrected chi connectivity index (χ2v) is 3.65. The zero-order valence-electron chi connectivity index (χ0n) is 7.73.